The summed E-state index contributed by atoms with van der Waals surface area (Å²) in [4.78, 5) is 0. The molecule has 0 spiro atoms. The van der Waals surface area contributed by atoms with Crippen LogP contribution in [0.2, 0.25) is 0 Å². The van der Waals surface area contributed by atoms with Gasteiger partial charge in [-0.3, -0.25) is 0 Å². The summed E-state index contributed by atoms with van der Waals surface area (Å²) < 4.78 is 0. The SMILES string of the molecule is CCC1(CNC2CCC2)CCNCC1. The highest BCUT2D eigenvalue weighted by molar-refractivity contribution is 4.88. The smallest absolute Gasteiger partial charge is 0.00673 e. The van der Waals surface area contributed by atoms with E-state index in [1.165, 1.54) is 58.2 Å². The summed E-state index contributed by atoms with van der Waals surface area (Å²) in [6, 6.07) is 0.855. The maximum atomic E-state index is 3.75. The van der Waals surface area contributed by atoms with Gasteiger partial charge in [0.2, 0.25) is 0 Å². The molecule has 2 nitrogen and oxygen atoms in total. The van der Waals surface area contributed by atoms with Crippen molar-refractivity contribution in [1.82, 2.24) is 10.6 Å². The summed E-state index contributed by atoms with van der Waals surface area (Å²) in [6.07, 6.45) is 8.34. The van der Waals surface area contributed by atoms with Crippen molar-refractivity contribution in [3.8, 4) is 0 Å². The lowest BCUT2D eigenvalue weighted by atomic mass is 9.76. The summed E-state index contributed by atoms with van der Waals surface area (Å²) in [7, 11) is 0. The van der Waals surface area contributed by atoms with E-state index in [1.807, 2.05) is 0 Å². The van der Waals surface area contributed by atoms with Crippen LogP contribution in [0.1, 0.15) is 45.4 Å². The minimum absolute atomic E-state index is 0.612. The molecule has 2 fully saturated rings. The van der Waals surface area contributed by atoms with Crippen LogP contribution in [0.25, 0.3) is 0 Å². The van der Waals surface area contributed by atoms with Crippen LogP contribution >= 0.6 is 0 Å². The largest absolute Gasteiger partial charge is 0.317 e. The molecule has 0 amide bonds. The molecule has 1 saturated carbocycles. The Morgan fingerprint density at radius 2 is 2.00 bits per heavy atom. The molecule has 0 aromatic heterocycles. The first-order chi connectivity index (χ1) is 6.85. The van der Waals surface area contributed by atoms with E-state index < -0.39 is 0 Å². The minimum atomic E-state index is 0.612. The van der Waals surface area contributed by atoms with Crippen LogP contribution in [0.5, 0.6) is 0 Å². The molecule has 2 rings (SSSR count). The Kier molecular flexibility index (Phi) is 3.45. The van der Waals surface area contributed by atoms with Crippen LogP contribution in [0.4, 0.5) is 0 Å². The second-order valence-corrected chi connectivity index (χ2v) is 5.11. The van der Waals surface area contributed by atoms with Crippen LogP contribution in [-0.4, -0.2) is 25.7 Å². The van der Waals surface area contributed by atoms with Gasteiger partial charge in [0.15, 0.2) is 0 Å². The molecule has 0 aromatic rings. The van der Waals surface area contributed by atoms with E-state index in [1.54, 1.807) is 0 Å². The zero-order chi connectivity index (χ0) is 9.86. The van der Waals surface area contributed by atoms with Crippen LogP contribution in [0.3, 0.4) is 0 Å². The molecule has 0 radical (unpaired) electrons. The molecule has 1 saturated heterocycles. The van der Waals surface area contributed by atoms with Crippen molar-refractivity contribution in [2.75, 3.05) is 19.6 Å². The quantitative estimate of drug-likeness (QED) is 0.717. The fourth-order valence-corrected chi connectivity index (χ4v) is 2.59. The molecule has 2 N–H and O–H groups in total. The normalized spacial score (nSPS) is 27.2. The second kappa shape index (κ2) is 4.63. The predicted molar refractivity (Wildman–Crippen MR) is 60.5 cm³/mol. The van der Waals surface area contributed by atoms with Gasteiger partial charge in [0.1, 0.15) is 0 Å². The fraction of sp³-hybridized carbons (Fsp3) is 1.00. The summed E-state index contributed by atoms with van der Waals surface area (Å²) >= 11 is 0. The van der Waals surface area contributed by atoms with Crippen molar-refractivity contribution >= 4 is 0 Å². The van der Waals surface area contributed by atoms with E-state index in [0.29, 0.717) is 5.41 Å². The average Bonchev–Trinajstić information content (AvgIpc) is 2.17. The van der Waals surface area contributed by atoms with E-state index in [-0.39, 0.29) is 0 Å². The zero-order valence-electron chi connectivity index (χ0n) is 9.44. The summed E-state index contributed by atoms with van der Waals surface area (Å²) in [6.45, 7) is 6.06. The Morgan fingerprint density at radius 1 is 1.29 bits per heavy atom. The molecule has 2 heteroatoms. The number of nitrogens with one attached hydrogen (secondary N) is 2. The first-order valence-corrected chi connectivity index (χ1v) is 6.29. The lowest BCUT2D eigenvalue weighted by molar-refractivity contribution is 0.167. The maximum Gasteiger partial charge on any atom is 0.00673 e. The Hall–Kier alpha value is -0.0800. The molecule has 1 heterocycles. The standard InChI is InChI=1S/C12H24N2/c1-2-12(6-8-13-9-7-12)10-14-11-4-3-5-11/h11,13-14H,2-10H2,1H3. The van der Waals surface area contributed by atoms with E-state index >= 15 is 0 Å². The molecule has 82 valence electrons. The van der Waals surface area contributed by atoms with Gasteiger partial charge in [0.25, 0.3) is 0 Å². The van der Waals surface area contributed by atoms with Gasteiger partial charge in [-0.15, -0.1) is 0 Å². The monoisotopic (exact) mass is 196 g/mol. The Bertz CT molecular complexity index is 169. The van der Waals surface area contributed by atoms with Crippen molar-refractivity contribution < 1.29 is 0 Å². The van der Waals surface area contributed by atoms with Crippen molar-refractivity contribution in [2.24, 2.45) is 5.41 Å². The van der Waals surface area contributed by atoms with Crippen molar-refractivity contribution in [1.29, 1.82) is 0 Å². The third kappa shape index (κ3) is 2.29. The lowest BCUT2D eigenvalue weighted by Crippen LogP contribution is -2.47. The van der Waals surface area contributed by atoms with Crippen LogP contribution < -0.4 is 10.6 Å². The molecule has 0 unspecified atom stereocenters. The summed E-state index contributed by atoms with van der Waals surface area (Å²) in [5, 5.41) is 7.21. The van der Waals surface area contributed by atoms with E-state index in [9.17, 15) is 0 Å². The van der Waals surface area contributed by atoms with E-state index in [4.69, 9.17) is 0 Å². The average molecular weight is 196 g/mol. The first-order valence-electron chi connectivity index (χ1n) is 6.29. The predicted octanol–water partition coefficient (Wildman–Crippen LogP) is 1.91. The van der Waals surface area contributed by atoms with Crippen molar-refractivity contribution in [3.63, 3.8) is 0 Å². The second-order valence-electron chi connectivity index (χ2n) is 5.11. The van der Waals surface area contributed by atoms with Crippen molar-refractivity contribution in [2.45, 2.75) is 51.5 Å². The zero-order valence-corrected chi connectivity index (χ0v) is 9.44. The Balaban J connectivity index is 1.77. The van der Waals surface area contributed by atoms with Gasteiger partial charge >= 0.3 is 0 Å². The maximum absolute atomic E-state index is 3.75. The lowest BCUT2D eigenvalue weighted by Gasteiger charge is -2.39. The van der Waals surface area contributed by atoms with E-state index in [2.05, 4.69) is 17.6 Å². The topological polar surface area (TPSA) is 24.1 Å². The first kappa shape index (κ1) is 10.4. The van der Waals surface area contributed by atoms with Crippen LogP contribution in [0.15, 0.2) is 0 Å². The molecular weight excluding hydrogens is 172 g/mol. The van der Waals surface area contributed by atoms with Crippen molar-refractivity contribution in [3.05, 3.63) is 0 Å². The van der Waals surface area contributed by atoms with Gasteiger partial charge in [-0.05, 0) is 50.6 Å². The van der Waals surface area contributed by atoms with Gasteiger partial charge in [-0.25, -0.2) is 0 Å². The third-order valence-corrected chi connectivity index (χ3v) is 4.29. The molecule has 14 heavy (non-hydrogen) atoms. The summed E-state index contributed by atoms with van der Waals surface area (Å²) in [5.74, 6) is 0. The molecule has 0 aromatic carbocycles. The number of hydrogen-bond donors (Lipinski definition) is 2. The Morgan fingerprint density at radius 3 is 2.50 bits per heavy atom. The van der Waals surface area contributed by atoms with Crippen LogP contribution in [-0.2, 0) is 0 Å². The van der Waals surface area contributed by atoms with Crippen LogP contribution in [0, 0.1) is 5.41 Å². The number of hydrogen-bond acceptors (Lipinski definition) is 2. The molecule has 1 aliphatic heterocycles. The molecule has 2 aliphatic rings. The highest BCUT2D eigenvalue weighted by Crippen LogP contribution is 2.32. The molecule has 1 aliphatic carbocycles. The van der Waals surface area contributed by atoms with Gasteiger partial charge in [-0.2, -0.15) is 0 Å². The molecule has 0 bridgehead atoms. The minimum Gasteiger partial charge on any atom is -0.317 e. The summed E-state index contributed by atoms with van der Waals surface area (Å²) in [5.41, 5.74) is 0.612. The van der Waals surface area contributed by atoms with E-state index in [0.717, 1.165) is 6.04 Å². The van der Waals surface area contributed by atoms with Gasteiger partial charge in [-0.1, -0.05) is 13.3 Å². The van der Waals surface area contributed by atoms with Gasteiger partial charge in [0, 0.05) is 12.6 Å². The number of rotatable bonds is 4. The molecule has 0 atom stereocenters. The fourth-order valence-electron chi connectivity index (χ4n) is 2.59. The highest BCUT2D eigenvalue weighted by atomic mass is 15.0. The van der Waals surface area contributed by atoms with Gasteiger partial charge in [0.05, 0.1) is 0 Å². The highest BCUT2D eigenvalue weighted by Gasteiger charge is 2.31. The molecular formula is C12H24N2. The number of piperidine rings is 1. The third-order valence-electron chi connectivity index (χ3n) is 4.29. The van der Waals surface area contributed by atoms with Gasteiger partial charge < -0.3 is 10.6 Å². The Labute approximate surface area is 87.8 Å².